The van der Waals surface area contributed by atoms with E-state index >= 15 is 0 Å². The lowest BCUT2D eigenvalue weighted by molar-refractivity contribution is -0.384. The highest BCUT2D eigenvalue weighted by atomic mass is 16.6. The topological polar surface area (TPSA) is 95.8 Å². The molecule has 2 atom stereocenters. The molecule has 0 unspecified atom stereocenters. The molecule has 26 heavy (non-hydrogen) atoms. The van der Waals surface area contributed by atoms with Gasteiger partial charge < -0.3 is 15.1 Å². The van der Waals surface area contributed by atoms with Crippen LogP contribution in [0.25, 0.3) is 0 Å². The zero-order valence-corrected chi connectivity index (χ0v) is 14.9. The number of benzene rings is 1. The molecule has 1 heterocycles. The van der Waals surface area contributed by atoms with Gasteiger partial charge in [-0.25, -0.2) is 0 Å². The number of carbonyl (C=O) groups excluding carboxylic acids is 2. The molecule has 0 radical (unpaired) electrons. The standard InChI is InChI=1S/C18H24N4O4/c1-13-11-16(13)18(24)19-6-5-17(23)21-9-7-20(8-10-21)14-3-2-4-15(12-14)22(25)26/h2-4,12-13,16H,5-11H2,1H3,(H,19,24)/t13-,16-/m1/s1. The van der Waals surface area contributed by atoms with Crippen LogP contribution in [0.4, 0.5) is 11.4 Å². The highest BCUT2D eigenvalue weighted by molar-refractivity contribution is 5.82. The minimum Gasteiger partial charge on any atom is -0.368 e. The monoisotopic (exact) mass is 360 g/mol. The van der Waals surface area contributed by atoms with Crippen molar-refractivity contribution in [3.05, 3.63) is 34.4 Å². The Balaban J connectivity index is 1.43. The number of hydrogen-bond acceptors (Lipinski definition) is 5. The van der Waals surface area contributed by atoms with Crippen LogP contribution in [0.1, 0.15) is 19.8 Å². The Morgan fingerprint density at radius 1 is 1.27 bits per heavy atom. The van der Waals surface area contributed by atoms with Gasteiger partial charge in [-0.3, -0.25) is 19.7 Å². The molecular weight excluding hydrogens is 336 g/mol. The predicted octanol–water partition coefficient (Wildman–Crippen LogP) is 1.41. The molecule has 1 saturated heterocycles. The van der Waals surface area contributed by atoms with E-state index < -0.39 is 4.92 Å². The fourth-order valence-corrected chi connectivity index (χ4v) is 3.29. The quantitative estimate of drug-likeness (QED) is 0.611. The van der Waals surface area contributed by atoms with Gasteiger partial charge in [0.25, 0.3) is 5.69 Å². The van der Waals surface area contributed by atoms with E-state index in [1.165, 1.54) is 6.07 Å². The summed E-state index contributed by atoms with van der Waals surface area (Å²) in [7, 11) is 0. The fraction of sp³-hybridized carbons (Fsp3) is 0.556. The zero-order valence-electron chi connectivity index (χ0n) is 14.9. The molecule has 0 aromatic heterocycles. The molecule has 8 heteroatoms. The zero-order chi connectivity index (χ0) is 18.7. The van der Waals surface area contributed by atoms with Crippen LogP contribution in [0.15, 0.2) is 24.3 Å². The predicted molar refractivity (Wildman–Crippen MR) is 96.8 cm³/mol. The van der Waals surface area contributed by atoms with Gasteiger partial charge in [-0.05, 0) is 18.4 Å². The van der Waals surface area contributed by atoms with E-state index in [1.807, 2.05) is 11.0 Å². The van der Waals surface area contributed by atoms with Gasteiger partial charge in [-0.2, -0.15) is 0 Å². The summed E-state index contributed by atoms with van der Waals surface area (Å²) >= 11 is 0. The molecule has 1 saturated carbocycles. The van der Waals surface area contributed by atoms with Gasteiger partial charge in [0.1, 0.15) is 0 Å². The van der Waals surface area contributed by atoms with Crippen molar-refractivity contribution in [3.8, 4) is 0 Å². The second-order valence-corrected chi connectivity index (χ2v) is 7.01. The lowest BCUT2D eigenvalue weighted by Gasteiger charge is -2.36. The van der Waals surface area contributed by atoms with Crippen LogP contribution in [-0.4, -0.2) is 54.4 Å². The van der Waals surface area contributed by atoms with E-state index in [9.17, 15) is 19.7 Å². The lowest BCUT2D eigenvalue weighted by Crippen LogP contribution is -2.49. The minimum atomic E-state index is -0.403. The van der Waals surface area contributed by atoms with Crippen LogP contribution in [0.5, 0.6) is 0 Å². The highest BCUT2D eigenvalue weighted by Crippen LogP contribution is 2.37. The summed E-state index contributed by atoms with van der Waals surface area (Å²) in [5.74, 6) is 0.685. The first-order chi connectivity index (χ1) is 12.5. The summed E-state index contributed by atoms with van der Waals surface area (Å²) in [6, 6.07) is 6.55. The first-order valence-electron chi connectivity index (χ1n) is 9.00. The maximum absolute atomic E-state index is 12.3. The largest absolute Gasteiger partial charge is 0.368 e. The number of nitrogens with one attached hydrogen (secondary N) is 1. The Kier molecular flexibility index (Phi) is 5.39. The normalized spacial score (nSPS) is 22.0. The Labute approximate surface area is 152 Å². The third-order valence-electron chi connectivity index (χ3n) is 5.12. The van der Waals surface area contributed by atoms with Gasteiger partial charge in [-0.1, -0.05) is 13.0 Å². The van der Waals surface area contributed by atoms with E-state index in [1.54, 1.807) is 17.0 Å². The molecule has 1 aliphatic carbocycles. The van der Waals surface area contributed by atoms with Crippen molar-refractivity contribution in [3.63, 3.8) is 0 Å². The molecule has 1 N–H and O–H groups in total. The van der Waals surface area contributed by atoms with Crippen LogP contribution in [0.2, 0.25) is 0 Å². The lowest BCUT2D eigenvalue weighted by atomic mass is 10.2. The molecule has 2 aliphatic rings. The van der Waals surface area contributed by atoms with Crippen LogP contribution in [-0.2, 0) is 9.59 Å². The van der Waals surface area contributed by atoms with Crippen LogP contribution < -0.4 is 10.2 Å². The Bertz CT molecular complexity index is 700. The number of non-ortho nitro benzene ring substituents is 1. The van der Waals surface area contributed by atoms with E-state index in [0.29, 0.717) is 45.1 Å². The third kappa shape index (κ3) is 4.30. The molecule has 3 rings (SSSR count). The summed E-state index contributed by atoms with van der Waals surface area (Å²) in [4.78, 5) is 38.4. The van der Waals surface area contributed by atoms with E-state index in [-0.39, 0.29) is 23.4 Å². The van der Waals surface area contributed by atoms with Gasteiger partial charge in [0.15, 0.2) is 0 Å². The summed E-state index contributed by atoms with van der Waals surface area (Å²) in [5.41, 5.74) is 0.874. The SMILES string of the molecule is C[C@@H]1C[C@H]1C(=O)NCCC(=O)N1CCN(c2cccc([N+](=O)[O-])c2)CC1. The maximum Gasteiger partial charge on any atom is 0.271 e. The third-order valence-corrected chi connectivity index (χ3v) is 5.12. The molecule has 1 aromatic carbocycles. The van der Waals surface area contributed by atoms with E-state index in [2.05, 4.69) is 12.2 Å². The smallest absolute Gasteiger partial charge is 0.271 e. The van der Waals surface area contributed by atoms with Crippen molar-refractivity contribution in [2.24, 2.45) is 11.8 Å². The first-order valence-corrected chi connectivity index (χ1v) is 9.00. The molecule has 2 amide bonds. The van der Waals surface area contributed by atoms with Crippen molar-refractivity contribution in [1.82, 2.24) is 10.2 Å². The second-order valence-electron chi connectivity index (χ2n) is 7.01. The summed E-state index contributed by atoms with van der Waals surface area (Å²) in [5, 5.41) is 13.7. The van der Waals surface area contributed by atoms with E-state index in [4.69, 9.17) is 0 Å². The summed E-state index contributed by atoms with van der Waals surface area (Å²) in [6.07, 6.45) is 1.25. The molecule has 0 bridgehead atoms. The first kappa shape index (κ1) is 18.2. The van der Waals surface area contributed by atoms with Crippen LogP contribution in [0.3, 0.4) is 0 Å². The molecule has 1 aromatic rings. The second kappa shape index (κ2) is 7.72. The Hall–Kier alpha value is -2.64. The number of anilines is 1. The number of nitro benzene ring substituents is 1. The fourth-order valence-electron chi connectivity index (χ4n) is 3.29. The Morgan fingerprint density at radius 3 is 2.58 bits per heavy atom. The minimum absolute atomic E-state index is 0.0350. The molecular formula is C18H24N4O4. The van der Waals surface area contributed by atoms with Crippen molar-refractivity contribution in [2.75, 3.05) is 37.6 Å². The number of nitro groups is 1. The number of amides is 2. The van der Waals surface area contributed by atoms with Gasteiger partial charge in [0.2, 0.25) is 11.8 Å². The van der Waals surface area contributed by atoms with Gasteiger partial charge in [0.05, 0.1) is 4.92 Å². The van der Waals surface area contributed by atoms with Crippen LogP contribution >= 0.6 is 0 Å². The average Bonchev–Trinajstić information content (AvgIpc) is 3.38. The maximum atomic E-state index is 12.3. The van der Waals surface area contributed by atoms with E-state index in [0.717, 1.165) is 12.1 Å². The van der Waals surface area contributed by atoms with Gasteiger partial charge in [-0.15, -0.1) is 0 Å². The number of hydrogen-bond donors (Lipinski definition) is 1. The number of piperazine rings is 1. The summed E-state index contributed by atoms with van der Waals surface area (Å²) < 4.78 is 0. The van der Waals surface area contributed by atoms with Gasteiger partial charge >= 0.3 is 0 Å². The van der Waals surface area contributed by atoms with Crippen molar-refractivity contribution in [2.45, 2.75) is 19.8 Å². The Morgan fingerprint density at radius 2 is 1.96 bits per heavy atom. The molecule has 0 spiro atoms. The molecule has 140 valence electrons. The number of rotatable bonds is 6. The van der Waals surface area contributed by atoms with Crippen molar-refractivity contribution in [1.29, 1.82) is 0 Å². The molecule has 8 nitrogen and oxygen atoms in total. The molecule has 2 fully saturated rings. The number of carbonyl (C=O) groups is 2. The van der Waals surface area contributed by atoms with Crippen LogP contribution in [0, 0.1) is 22.0 Å². The number of nitrogens with zero attached hydrogens (tertiary/aromatic N) is 3. The van der Waals surface area contributed by atoms with Crippen molar-refractivity contribution < 1.29 is 14.5 Å². The highest BCUT2D eigenvalue weighted by Gasteiger charge is 2.38. The van der Waals surface area contributed by atoms with Crippen molar-refractivity contribution >= 4 is 23.2 Å². The molecule has 1 aliphatic heterocycles. The summed E-state index contributed by atoms with van der Waals surface area (Å²) in [6.45, 7) is 4.87. The average molecular weight is 360 g/mol. The van der Waals surface area contributed by atoms with Gasteiger partial charge in [0, 0.05) is 62.9 Å².